The van der Waals surface area contributed by atoms with Crippen LogP contribution in [0.15, 0.2) is 24.3 Å². The lowest BCUT2D eigenvalue weighted by Crippen LogP contribution is -2.09. The smallest absolute Gasteiger partial charge is 0.155 e. The normalized spacial score (nSPS) is 10.5. The molecule has 0 unspecified atom stereocenters. The second kappa shape index (κ2) is 5.97. The summed E-state index contributed by atoms with van der Waals surface area (Å²) in [4.78, 5) is 0. The first kappa shape index (κ1) is 13.7. The van der Waals surface area contributed by atoms with Gasteiger partial charge in [0, 0.05) is 6.54 Å². The van der Waals surface area contributed by atoms with Gasteiger partial charge in [-0.3, -0.25) is 0 Å². The van der Waals surface area contributed by atoms with E-state index in [0.717, 1.165) is 28.9 Å². The first-order chi connectivity index (χ1) is 9.08. The van der Waals surface area contributed by atoms with Crippen LogP contribution in [0, 0.1) is 19.7 Å². The number of nitrogens with one attached hydrogen (secondary N) is 1. The molecule has 0 saturated carbocycles. The molecule has 3 nitrogen and oxygen atoms in total. The average molecular weight is 280 g/mol. The molecule has 0 atom stereocenters. The summed E-state index contributed by atoms with van der Waals surface area (Å²) in [6.45, 7) is 4.52. The van der Waals surface area contributed by atoms with Gasteiger partial charge < -0.3 is 5.32 Å². The molecular weight excluding hydrogens is 265 g/mol. The molecule has 0 aliphatic rings. The maximum Gasteiger partial charge on any atom is 0.155 e. The zero-order valence-electron chi connectivity index (χ0n) is 10.9. The topological polar surface area (TPSA) is 37.8 Å². The van der Waals surface area contributed by atoms with Gasteiger partial charge in [0.25, 0.3) is 0 Å². The van der Waals surface area contributed by atoms with E-state index in [0.29, 0.717) is 11.7 Å². The number of benzene rings is 1. The highest BCUT2D eigenvalue weighted by Crippen LogP contribution is 2.20. The molecule has 0 bridgehead atoms. The summed E-state index contributed by atoms with van der Waals surface area (Å²) in [5, 5.41) is 11.5. The molecular formula is C14H15ClFN3. The van der Waals surface area contributed by atoms with Crippen molar-refractivity contribution in [3.05, 3.63) is 51.9 Å². The molecule has 19 heavy (non-hydrogen) atoms. The Morgan fingerprint density at radius 2 is 2.00 bits per heavy atom. The third kappa shape index (κ3) is 3.41. The number of hydrogen-bond donors (Lipinski definition) is 1. The minimum atomic E-state index is -0.212. The van der Waals surface area contributed by atoms with Crippen LogP contribution in [0.1, 0.15) is 16.7 Å². The van der Waals surface area contributed by atoms with Gasteiger partial charge in [-0.2, -0.15) is 0 Å². The Balaban J connectivity index is 1.98. The van der Waals surface area contributed by atoms with Crippen LogP contribution in [0.3, 0.4) is 0 Å². The molecule has 2 aromatic rings. The fourth-order valence-corrected chi connectivity index (χ4v) is 1.94. The van der Waals surface area contributed by atoms with Gasteiger partial charge in [-0.05, 0) is 49.1 Å². The van der Waals surface area contributed by atoms with Gasteiger partial charge in [-0.25, -0.2) is 4.39 Å². The summed E-state index contributed by atoms with van der Waals surface area (Å²) in [7, 11) is 0. The van der Waals surface area contributed by atoms with Crippen molar-refractivity contribution in [3.8, 4) is 0 Å². The SMILES string of the molecule is Cc1c(Cl)nnc(NCCc2cccc(F)c2)c1C. The van der Waals surface area contributed by atoms with Crippen molar-refractivity contribution in [1.82, 2.24) is 10.2 Å². The predicted octanol–water partition coefficient (Wildman–Crippen LogP) is 3.54. The first-order valence-electron chi connectivity index (χ1n) is 6.05. The van der Waals surface area contributed by atoms with E-state index in [1.807, 2.05) is 19.9 Å². The van der Waals surface area contributed by atoms with Crippen LogP contribution >= 0.6 is 11.6 Å². The Bertz CT molecular complexity index is 587. The highest BCUT2D eigenvalue weighted by Gasteiger charge is 2.07. The second-order valence-corrected chi connectivity index (χ2v) is 4.75. The Morgan fingerprint density at radius 1 is 1.21 bits per heavy atom. The molecule has 0 aliphatic heterocycles. The molecule has 0 spiro atoms. The van der Waals surface area contributed by atoms with Crippen LogP contribution in [0.4, 0.5) is 10.2 Å². The lowest BCUT2D eigenvalue weighted by Gasteiger charge is -2.10. The maximum absolute atomic E-state index is 13.0. The van der Waals surface area contributed by atoms with E-state index in [1.165, 1.54) is 12.1 Å². The van der Waals surface area contributed by atoms with Gasteiger partial charge in [0.1, 0.15) is 5.82 Å². The molecule has 0 fully saturated rings. The van der Waals surface area contributed by atoms with Crippen LogP contribution in [0.2, 0.25) is 5.15 Å². The molecule has 0 radical (unpaired) electrons. The van der Waals surface area contributed by atoms with E-state index in [-0.39, 0.29) is 5.82 Å². The molecule has 1 N–H and O–H groups in total. The molecule has 1 aromatic heterocycles. The largest absolute Gasteiger partial charge is 0.368 e. The van der Waals surface area contributed by atoms with Crippen LogP contribution in [-0.4, -0.2) is 16.7 Å². The number of rotatable bonds is 4. The summed E-state index contributed by atoms with van der Waals surface area (Å²) in [5.41, 5.74) is 2.85. The third-order valence-corrected chi connectivity index (χ3v) is 3.42. The Hall–Kier alpha value is -1.68. The quantitative estimate of drug-likeness (QED) is 0.930. The van der Waals surface area contributed by atoms with Crippen molar-refractivity contribution in [2.24, 2.45) is 0 Å². The molecule has 0 aliphatic carbocycles. The van der Waals surface area contributed by atoms with Crippen molar-refractivity contribution in [1.29, 1.82) is 0 Å². The highest BCUT2D eigenvalue weighted by molar-refractivity contribution is 6.30. The monoisotopic (exact) mass is 279 g/mol. The van der Waals surface area contributed by atoms with E-state index < -0.39 is 0 Å². The van der Waals surface area contributed by atoms with E-state index in [9.17, 15) is 4.39 Å². The fraction of sp³-hybridized carbons (Fsp3) is 0.286. The molecule has 0 saturated heterocycles. The zero-order chi connectivity index (χ0) is 13.8. The predicted molar refractivity (Wildman–Crippen MR) is 75.1 cm³/mol. The molecule has 1 heterocycles. The average Bonchev–Trinajstić information content (AvgIpc) is 2.39. The Kier molecular flexibility index (Phi) is 4.32. The third-order valence-electron chi connectivity index (χ3n) is 3.06. The van der Waals surface area contributed by atoms with Gasteiger partial charge in [-0.1, -0.05) is 23.7 Å². The van der Waals surface area contributed by atoms with Gasteiger partial charge in [0.05, 0.1) is 0 Å². The maximum atomic E-state index is 13.0. The summed E-state index contributed by atoms with van der Waals surface area (Å²) in [6, 6.07) is 6.58. The summed E-state index contributed by atoms with van der Waals surface area (Å²) >= 11 is 5.89. The molecule has 1 aromatic carbocycles. The Labute approximate surface area is 116 Å². The number of anilines is 1. The molecule has 100 valence electrons. The van der Waals surface area contributed by atoms with E-state index in [2.05, 4.69) is 15.5 Å². The number of nitrogens with zero attached hydrogens (tertiary/aromatic N) is 2. The van der Waals surface area contributed by atoms with Crippen molar-refractivity contribution >= 4 is 17.4 Å². The zero-order valence-corrected chi connectivity index (χ0v) is 11.6. The highest BCUT2D eigenvalue weighted by atomic mass is 35.5. The lowest BCUT2D eigenvalue weighted by molar-refractivity contribution is 0.625. The first-order valence-corrected chi connectivity index (χ1v) is 6.43. The summed E-state index contributed by atoms with van der Waals surface area (Å²) in [5.74, 6) is 0.508. The number of aromatic nitrogens is 2. The standard InChI is InChI=1S/C14H15ClFN3/c1-9-10(2)14(19-18-13(9)15)17-7-6-11-4-3-5-12(16)8-11/h3-5,8H,6-7H2,1-2H3,(H,17,19). The number of hydrogen-bond acceptors (Lipinski definition) is 3. The molecule has 0 amide bonds. The number of halogens is 2. The summed E-state index contributed by atoms with van der Waals surface area (Å²) in [6.07, 6.45) is 0.723. The minimum absolute atomic E-state index is 0.212. The van der Waals surface area contributed by atoms with Gasteiger partial charge >= 0.3 is 0 Å². The van der Waals surface area contributed by atoms with E-state index in [4.69, 9.17) is 11.6 Å². The van der Waals surface area contributed by atoms with E-state index in [1.54, 1.807) is 6.07 Å². The fourth-order valence-electron chi connectivity index (χ4n) is 1.76. The van der Waals surface area contributed by atoms with Crippen LogP contribution < -0.4 is 5.32 Å². The molecule has 2 rings (SSSR count). The van der Waals surface area contributed by atoms with E-state index >= 15 is 0 Å². The Morgan fingerprint density at radius 3 is 2.74 bits per heavy atom. The van der Waals surface area contributed by atoms with Gasteiger partial charge in [-0.15, -0.1) is 10.2 Å². The van der Waals surface area contributed by atoms with Crippen molar-refractivity contribution in [2.45, 2.75) is 20.3 Å². The van der Waals surface area contributed by atoms with Crippen LogP contribution in [0.25, 0.3) is 0 Å². The van der Waals surface area contributed by atoms with Crippen LogP contribution in [0.5, 0.6) is 0 Å². The minimum Gasteiger partial charge on any atom is -0.368 e. The lowest BCUT2D eigenvalue weighted by atomic mass is 10.1. The second-order valence-electron chi connectivity index (χ2n) is 4.40. The van der Waals surface area contributed by atoms with Crippen molar-refractivity contribution < 1.29 is 4.39 Å². The molecule has 5 heteroatoms. The van der Waals surface area contributed by atoms with Crippen molar-refractivity contribution in [2.75, 3.05) is 11.9 Å². The van der Waals surface area contributed by atoms with Crippen molar-refractivity contribution in [3.63, 3.8) is 0 Å². The van der Waals surface area contributed by atoms with Crippen LogP contribution in [-0.2, 0) is 6.42 Å². The van der Waals surface area contributed by atoms with Gasteiger partial charge in [0.15, 0.2) is 11.0 Å². The summed E-state index contributed by atoms with van der Waals surface area (Å²) < 4.78 is 13.0. The van der Waals surface area contributed by atoms with Gasteiger partial charge in [0.2, 0.25) is 0 Å².